The first-order valence-electron chi connectivity index (χ1n) is 3.94. The second-order valence-electron chi connectivity index (χ2n) is 2.63. The van der Waals surface area contributed by atoms with Crippen molar-refractivity contribution >= 4 is 22.1 Å². The van der Waals surface area contributed by atoms with Gasteiger partial charge in [0, 0.05) is 13.3 Å². The van der Waals surface area contributed by atoms with E-state index in [4.69, 9.17) is 0 Å². The van der Waals surface area contributed by atoms with Gasteiger partial charge in [0.2, 0.25) is 4.96 Å². The molecule has 0 saturated carbocycles. The Morgan fingerprint density at radius 1 is 1.54 bits per heavy atom. The third kappa shape index (κ3) is 1.23. The Labute approximate surface area is 78.4 Å². The number of carbonyl (C=O) groups is 1. The molecule has 0 spiro atoms. The monoisotopic (exact) mass is 196 g/mol. The molecule has 13 heavy (non-hydrogen) atoms. The molecular formula is C7H8N4OS. The highest BCUT2D eigenvalue weighted by Crippen LogP contribution is 2.14. The largest absolute Gasteiger partial charge is 0.292 e. The summed E-state index contributed by atoms with van der Waals surface area (Å²) in [4.78, 5) is 11.7. The van der Waals surface area contributed by atoms with Crippen LogP contribution in [0.3, 0.4) is 0 Å². The molecule has 0 atom stereocenters. The maximum Gasteiger partial charge on any atom is 0.235 e. The van der Waals surface area contributed by atoms with Crippen molar-refractivity contribution in [3.8, 4) is 0 Å². The topological polar surface area (TPSA) is 60.2 Å². The fraction of sp³-hybridized carbons (Fsp3) is 0.429. The lowest BCUT2D eigenvalue weighted by molar-refractivity contribution is 0.101. The highest BCUT2D eigenvalue weighted by Gasteiger charge is 2.12. The molecule has 0 aliphatic heterocycles. The average Bonchev–Trinajstić information content (AvgIpc) is 2.60. The number of Topliss-reactive ketones (excluding diaryl/α,β-unsaturated/α-hetero) is 1. The molecule has 0 amide bonds. The van der Waals surface area contributed by atoms with Gasteiger partial charge < -0.3 is 0 Å². The Morgan fingerprint density at radius 3 is 2.92 bits per heavy atom. The molecule has 6 heteroatoms. The highest BCUT2D eigenvalue weighted by molar-refractivity contribution is 7.18. The molecule has 0 aromatic carbocycles. The van der Waals surface area contributed by atoms with Gasteiger partial charge in [-0.05, 0) is 0 Å². The van der Waals surface area contributed by atoms with Crippen LogP contribution in [0.1, 0.15) is 29.5 Å². The number of ketones is 1. The lowest BCUT2D eigenvalue weighted by Gasteiger charge is -1.86. The van der Waals surface area contributed by atoms with E-state index in [0.29, 0.717) is 9.97 Å². The number of hydrogen-bond donors (Lipinski definition) is 0. The van der Waals surface area contributed by atoms with E-state index in [-0.39, 0.29) is 5.78 Å². The van der Waals surface area contributed by atoms with E-state index < -0.39 is 0 Å². The number of nitrogens with zero attached hydrogens (tertiary/aromatic N) is 4. The number of fused-ring (bicyclic) bond motifs is 1. The smallest absolute Gasteiger partial charge is 0.235 e. The molecule has 0 bridgehead atoms. The normalized spacial score (nSPS) is 10.9. The molecule has 2 rings (SSSR count). The molecule has 68 valence electrons. The van der Waals surface area contributed by atoms with Crippen molar-refractivity contribution in [2.75, 3.05) is 0 Å². The van der Waals surface area contributed by atoms with Crippen LogP contribution in [-0.4, -0.2) is 25.6 Å². The van der Waals surface area contributed by atoms with Gasteiger partial charge in [0.15, 0.2) is 16.6 Å². The first-order valence-corrected chi connectivity index (χ1v) is 4.76. The molecule has 5 nitrogen and oxygen atoms in total. The quantitative estimate of drug-likeness (QED) is 0.671. The zero-order chi connectivity index (χ0) is 9.42. The van der Waals surface area contributed by atoms with Crippen molar-refractivity contribution in [3.05, 3.63) is 10.8 Å². The Kier molecular flexibility index (Phi) is 1.84. The molecule has 0 saturated heterocycles. The number of hydrogen-bond acceptors (Lipinski definition) is 5. The van der Waals surface area contributed by atoms with Crippen molar-refractivity contribution in [1.29, 1.82) is 0 Å². The van der Waals surface area contributed by atoms with Crippen LogP contribution in [0.5, 0.6) is 0 Å². The summed E-state index contributed by atoms with van der Waals surface area (Å²) in [6, 6.07) is 0. The molecule has 0 fully saturated rings. The van der Waals surface area contributed by atoms with Gasteiger partial charge in [-0.3, -0.25) is 4.79 Å². The molecule has 2 heterocycles. The zero-order valence-electron chi connectivity index (χ0n) is 7.31. The first kappa shape index (κ1) is 8.31. The van der Waals surface area contributed by atoms with Gasteiger partial charge in [0.1, 0.15) is 0 Å². The summed E-state index contributed by atoms with van der Waals surface area (Å²) in [6.45, 7) is 3.47. The van der Waals surface area contributed by atoms with Gasteiger partial charge in [-0.25, -0.2) is 0 Å². The van der Waals surface area contributed by atoms with Gasteiger partial charge in [0.05, 0.1) is 0 Å². The summed E-state index contributed by atoms with van der Waals surface area (Å²) in [6.07, 6.45) is 0.766. The fourth-order valence-electron chi connectivity index (χ4n) is 1.02. The number of carbonyl (C=O) groups excluding carboxylic acids is 1. The zero-order valence-corrected chi connectivity index (χ0v) is 8.13. The van der Waals surface area contributed by atoms with Crippen LogP contribution in [0, 0.1) is 0 Å². The van der Waals surface area contributed by atoms with Crippen molar-refractivity contribution in [1.82, 2.24) is 19.8 Å². The predicted octanol–water partition coefficient (Wildman–Crippen LogP) is 0.951. The van der Waals surface area contributed by atoms with Crippen molar-refractivity contribution in [3.63, 3.8) is 0 Å². The molecule has 0 aliphatic carbocycles. The van der Waals surface area contributed by atoms with Gasteiger partial charge in [-0.1, -0.05) is 18.3 Å². The lowest BCUT2D eigenvalue weighted by Crippen LogP contribution is -1.97. The van der Waals surface area contributed by atoms with Crippen LogP contribution in [0.15, 0.2) is 0 Å². The van der Waals surface area contributed by atoms with Crippen LogP contribution in [0.2, 0.25) is 0 Å². The minimum absolute atomic E-state index is 0.0300. The molecule has 0 radical (unpaired) electrons. The van der Waals surface area contributed by atoms with Crippen LogP contribution < -0.4 is 0 Å². The first-order chi connectivity index (χ1) is 6.22. The number of aromatic nitrogens is 4. The van der Waals surface area contributed by atoms with Gasteiger partial charge in [-0.15, -0.1) is 15.3 Å². The molecular weight excluding hydrogens is 188 g/mol. The summed E-state index contributed by atoms with van der Waals surface area (Å²) in [5, 5.41) is 12.4. The standard InChI is InChI=1S/C7H8N4OS/c1-3-5-8-9-7-11(5)10-6(13-7)4(2)12/h3H2,1-2H3. The summed E-state index contributed by atoms with van der Waals surface area (Å²) >= 11 is 1.27. The summed E-state index contributed by atoms with van der Waals surface area (Å²) in [7, 11) is 0. The molecule has 0 unspecified atom stereocenters. The lowest BCUT2D eigenvalue weighted by atomic mass is 10.5. The number of rotatable bonds is 2. The van der Waals surface area contributed by atoms with Crippen molar-refractivity contribution < 1.29 is 4.79 Å². The van der Waals surface area contributed by atoms with E-state index in [1.807, 2.05) is 6.92 Å². The second-order valence-corrected chi connectivity index (χ2v) is 3.58. The SMILES string of the molecule is CCc1nnc2sc(C(C)=O)nn12. The van der Waals surface area contributed by atoms with E-state index >= 15 is 0 Å². The molecule has 2 aromatic heterocycles. The van der Waals surface area contributed by atoms with Crippen molar-refractivity contribution in [2.24, 2.45) is 0 Å². The Bertz CT molecular complexity index is 458. The predicted molar refractivity (Wildman–Crippen MR) is 48.0 cm³/mol. The van der Waals surface area contributed by atoms with Crippen LogP contribution >= 0.6 is 11.3 Å². The number of aryl methyl sites for hydroxylation is 1. The van der Waals surface area contributed by atoms with E-state index in [1.54, 1.807) is 4.52 Å². The third-order valence-electron chi connectivity index (χ3n) is 1.67. The Balaban J connectivity index is 2.63. The van der Waals surface area contributed by atoms with E-state index in [9.17, 15) is 4.79 Å². The van der Waals surface area contributed by atoms with E-state index in [0.717, 1.165) is 12.2 Å². The summed E-state index contributed by atoms with van der Waals surface area (Å²) in [5.41, 5.74) is 0. The molecule has 0 N–H and O–H groups in total. The Hall–Kier alpha value is -1.30. The molecule has 0 aliphatic rings. The maximum atomic E-state index is 11.0. The third-order valence-corrected chi connectivity index (χ3v) is 2.67. The van der Waals surface area contributed by atoms with E-state index in [1.165, 1.54) is 18.3 Å². The minimum atomic E-state index is -0.0300. The van der Waals surface area contributed by atoms with Gasteiger partial charge in [-0.2, -0.15) is 4.52 Å². The van der Waals surface area contributed by atoms with Crippen LogP contribution in [-0.2, 0) is 6.42 Å². The fourth-order valence-corrected chi connectivity index (χ4v) is 1.77. The van der Waals surface area contributed by atoms with Gasteiger partial charge in [0.25, 0.3) is 0 Å². The summed E-state index contributed by atoms with van der Waals surface area (Å²) in [5.74, 6) is 0.760. The van der Waals surface area contributed by atoms with Gasteiger partial charge >= 0.3 is 0 Å². The van der Waals surface area contributed by atoms with Crippen molar-refractivity contribution in [2.45, 2.75) is 20.3 Å². The maximum absolute atomic E-state index is 11.0. The van der Waals surface area contributed by atoms with E-state index in [2.05, 4.69) is 15.3 Å². The van der Waals surface area contributed by atoms with Crippen LogP contribution in [0.25, 0.3) is 4.96 Å². The highest BCUT2D eigenvalue weighted by atomic mass is 32.1. The second kappa shape index (κ2) is 2.88. The molecule has 2 aromatic rings. The minimum Gasteiger partial charge on any atom is -0.292 e. The average molecular weight is 196 g/mol. The van der Waals surface area contributed by atoms with Crippen LogP contribution in [0.4, 0.5) is 0 Å². The Morgan fingerprint density at radius 2 is 2.31 bits per heavy atom. The summed E-state index contributed by atoms with van der Waals surface area (Å²) < 4.78 is 1.63.